The molecule has 0 bridgehead atoms. The third-order valence-corrected chi connectivity index (χ3v) is 4.93. The van der Waals surface area contributed by atoms with E-state index in [9.17, 15) is 8.42 Å². The standard InChI is InChI=1S/C13H22N6O3S2/c1-9(2)8-15-24(20,21)6-5-14-12-17-13(23-4)16-10-7-11(22-3)18-19(10)12/h7,9,15H,5-6,8H2,1-4H3,(H,14,16,17). The molecule has 0 aromatic carbocycles. The molecule has 0 unspecified atom stereocenters. The van der Waals surface area contributed by atoms with Crippen molar-refractivity contribution < 1.29 is 13.2 Å². The molecule has 2 rings (SSSR count). The minimum absolute atomic E-state index is 0.0573. The lowest BCUT2D eigenvalue weighted by Gasteiger charge is -2.10. The number of sulfonamides is 1. The van der Waals surface area contributed by atoms with Gasteiger partial charge in [0.1, 0.15) is 0 Å². The SMILES string of the molecule is COc1cc2nc(SC)nc(NCCS(=O)(=O)NCC(C)C)n2n1. The van der Waals surface area contributed by atoms with E-state index in [1.54, 1.807) is 6.07 Å². The Morgan fingerprint density at radius 1 is 1.38 bits per heavy atom. The van der Waals surface area contributed by atoms with Gasteiger partial charge in [-0.15, -0.1) is 5.10 Å². The van der Waals surface area contributed by atoms with Crippen LogP contribution in [0.4, 0.5) is 5.95 Å². The third-order valence-electron chi connectivity index (χ3n) is 3.04. The van der Waals surface area contributed by atoms with Gasteiger partial charge in [-0.05, 0) is 12.2 Å². The average molecular weight is 374 g/mol. The lowest BCUT2D eigenvalue weighted by Crippen LogP contribution is -2.32. The van der Waals surface area contributed by atoms with Crippen LogP contribution in [0.5, 0.6) is 5.88 Å². The summed E-state index contributed by atoms with van der Waals surface area (Å²) in [5.74, 6) is 1.04. The molecular weight excluding hydrogens is 352 g/mol. The second-order valence-electron chi connectivity index (χ2n) is 5.48. The molecule has 0 fully saturated rings. The summed E-state index contributed by atoms with van der Waals surface area (Å²) >= 11 is 1.39. The van der Waals surface area contributed by atoms with Gasteiger partial charge in [-0.1, -0.05) is 25.6 Å². The summed E-state index contributed by atoms with van der Waals surface area (Å²) in [6, 6.07) is 1.69. The highest BCUT2D eigenvalue weighted by Gasteiger charge is 2.14. The highest BCUT2D eigenvalue weighted by molar-refractivity contribution is 7.98. The fourth-order valence-corrected chi connectivity index (χ4v) is 3.28. The van der Waals surface area contributed by atoms with E-state index in [1.807, 2.05) is 20.1 Å². The van der Waals surface area contributed by atoms with E-state index in [1.165, 1.54) is 23.4 Å². The van der Waals surface area contributed by atoms with Gasteiger partial charge in [0, 0.05) is 19.2 Å². The van der Waals surface area contributed by atoms with Crippen LogP contribution in [-0.2, 0) is 10.0 Å². The summed E-state index contributed by atoms with van der Waals surface area (Å²) in [4.78, 5) is 8.66. The maximum Gasteiger partial charge on any atom is 0.235 e. The van der Waals surface area contributed by atoms with Crippen LogP contribution in [0.2, 0.25) is 0 Å². The first-order valence-corrected chi connectivity index (χ1v) is 10.3. The van der Waals surface area contributed by atoms with Gasteiger partial charge in [0.15, 0.2) is 10.8 Å². The van der Waals surface area contributed by atoms with E-state index in [2.05, 4.69) is 25.1 Å². The van der Waals surface area contributed by atoms with Crippen molar-refractivity contribution in [2.45, 2.75) is 19.0 Å². The molecule has 2 N–H and O–H groups in total. The van der Waals surface area contributed by atoms with Gasteiger partial charge in [0.2, 0.25) is 21.9 Å². The molecule has 0 amide bonds. The number of nitrogens with one attached hydrogen (secondary N) is 2. The van der Waals surface area contributed by atoms with E-state index in [4.69, 9.17) is 4.74 Å². The first-order valence-electron chi connectivity index (χ1n) is 7.41. The Morgan fingerprint density at radius 3 is 2.75 bits per heavy atom. The number of thioether (sulfide) groups is 1. The molecule has 0 aliphatic heterocycles. The van der Waals surface area contributed by atoms with Gasteiger partial charge in [0.25, 0.3) is 0 Å². The Bertz CT molecular complexity index is 790. The van der Waals surface area contributed by atoms with Gasteiger partial charge in [-0.2, -0.15) is 9.50 Å². The number of fused-ring (bicyclic) bond motifs is 1. The zero-order valence-electron chi connectivity index (χ0n) is 14.1. The van der Waals surface area contributed by atoms with E-state index < -0.39 is 10.0 Å². The van der Waals surface area contributed by atoms with Crippen molar-refractivity contribution in [3.8, 4) is 5.88 Å². The molecule has 0 saturated carbocycles. The number of nitrogens with zero attached hydrogens (tertiary/aromatic N) is 4. The first kappa shape index (κ1) is 18.7. The Morgan fingerprint density at radius 2 is 2.12 bits per heavy atom. The number of rotatable bonds is 9. The zero-order valence-corrected chi connectivity index (χ0v) is 15.7. The fraction of sp³-hybridized carbons (Fsp3) is 0.615. The van der Waals surface area contributed by atoms with Crippen LogP contribution in [-0.4, -0.2) is 60.2 Å². The Hall–Kier alpha value is -1.59. The largest absolute Gasteiger partial charge is 0.480 e. The predicted octanol–water partition coefficient (Wildman–Crippen LogP) is 0.842. The fourth-order valence-electron chi connectivity index (χ4n) is 1.82. The summed E-state index contributed by atoms with van der Waals surface area (Å²) in [6.07, 6.45) is 1.86. The molecule has 0 atom stereocenters. The predicted molar refractivity (Wildman–Crippen MR) is 94.2 cm³/mol. The maximum absolute atomic E-state index is 11.9. The Kier molecular flexibility index (Phi) is 6.24. The van der Waals surface area contributed by atoms with Gasteiger partial charge in [0.05, 0.1) is 12.9 Å². The normalized spacial score (nSPS) is 12.0. The van der Waals surface area contributed by atoms with Crippen molar-refractivity contribution in [2.75, 3.05) is 37.5 Å². The minimum Gasteiger partial charge on any atom is -0.480 e. The first-order chi connectivity index (χ1) is 11.3. The van der Waals surface area contributed by atoms with Crippen LogP contribution in [0.3, 0.4) is 0 Å². The van der Waals surface area contributed by atoms with Crippen LogP contribution in [0.1, 0.15) is 13.8 Å². The molecule has 2 heterocycles. The topological polar surface area (TPSA) is 111 Å². The molecule has 0 aliphatic rings. The minimum atomic E-state index is -3.33. The van der Waals surface area contributed by atoms with Crippen molar-refractivity contribution in [2.24, 2.45) is 5.92 Å². The van der Waals surface area contributed by atoms with Crippen LogP contribution in [0.15, 0.2) is 11.2 Å². The summed E-state index contributed by atoms with van der Waals surface area (Å²) in [7, 11) is -1.81. The highest BCUT2D eigenvalue weighted by atomic mass is 32.2. The lowest BCUT2D eigenvalue weighted by molar-refractivity contribution is 0.395. The molecule has 9 nitrogen and oxygen atoms in total. The molecule has 0 radical (unpaired) electrons. The molecule has 24 heavy (non-hydrogen) atoms. The second-order valence-corrected chi connectivity index (χ2v) is 8.18. The van der Waals surface area contributed by atoms with Crippen molar-refractivity contribution >= 4 is 33.4 Å². The van der Waals surface area contributed by atoms with Gasteiger partial charge in [-0.3, -0.25) is 0 Å². The van der Waals surface area contributed by atoms with Crippen molar-refractivity contribution in [1.29, 1.82) is 0 Å². The molecule has 0 aliphatic carbocycles. The van der Waals surface area contributed by atoms with Crippen LogP contribution >= 0.6 is 11.8 Å². The Balaban J connectivity index is 2.10. The van der Waals surface area contributed by atoms with Crippen molar-refractivity contribution in [3.63, 3.8) is 0 Å². The maximum atomic E-state index is 11.9. The van der Waals surface area contributed by atoms with Crippen molar-refractivity contribution in [1.82, 2.24) is 24.3 Å². The lowest BCUT2D eigenvalue weighted by atomic mass is 10.2. The van der Waals surface area contributed by atoms with Crippen molar-refractivity contribution in [3.05, 3.63) is 6.07 Å². The molecule has 2 aromatic heterocycles. The van der Waals surface area contributed by atoms with E-state index in [-0.39, 0.29) is 18.2 Å². The number of methoxy groups -OCH3 is 1. The van der Waals surface area contributed by atoms with Gasteiger partial charge < -0.3 is 10.1 Å². The van der Waals surface area contributed by atoms with Crippen LogP contribution in [0, 0.1) is 5.92 Å². The third kappa shape index (κ3) is 4.95. The number of aromatic nitrogens is 4. The molecule has 0 saturated heterocycles. The smallest absolute Gasteiger partial charge is 0.235 e. The second kappa shape index (κ2) is 7.99. The molecular formula is C13H22N6O3S2. The molecule has 11 heteroatoms. The monoisotopic (exact) mass is 374 g/mol. The Labute approximate surface area is 145 Å². The van der Waals surface area contributed by atoms with Gasteiger partial charge >= 0.3 is 0 Å². The zero-order chi connectivity index (χ0) is 17.7. The average Bonchev–Trinajstić information content (AvgIpc) is 2.96. The summed E-state index contributed by atoms with van der Waals surface area (Å²) in [5, 5.41) is 7.78. The van der Waals surface area contributed by atoms with E-state index in [0.717, 1.165) is 0 Å². The summed E-state index contributed by atoms with van der Waals surface area (Å²) in [6.45, 7) is 4.53. The summed E-state index contributed by atoms with van der Waals surface area (Å²) < 4.78 is 33.0. The van der Waals surface area contributed by atoms with E-state index >= 15 is 0 Å². The molecule has 134 valence electrons. The summed E-state index contributed by atoms with van der Waals surface area (Å²) in [5.41, 5.74) is 0.578. The number of ether oxygens (including phenoxy) is 1. The quantitative estimate of drug-likeness (QED) is 0.621. The highest BCUT2D eigenvalue weighted by Crippen LogP contribution is 2.18. The number of hydrogen-bond acceptors (Lipinski definition) is 8. The van der Waals surface area contributed by atoms with Crippen LogP contribution < -0.4 is 14.8 Å². The van der Waals surface area contributed by atoms with E-state index in [0.29, 0.717) is 29.2 Å². The van der Waals surface area contributed by atoms with Crippen LogP contribution in [0.25, 0.3) is 5.65 Å². The van der Waals surface area contributed by atoms with Gasteiger partial charge in [-0.25, -0.2) is 18.1 Å². The number of anilines is 1. The molecule has 2 aromatic rings. The molecule has 0 spiro atoms. The number of hydrogen-bond donors (Lipinski definition) is 2.